The summed E-state index contributed by atoms with van der Waals surface area (Å²) in [7, 11) is 1.17. The zero-order valence-electron chi connectivity index (χ0n) is 12.3. The highest BCUT2D eigenvalue weighted by Crippen LogP contribution is 2.34. The van der Waals surface area contributed by atoms with Gasteiger partial charge in [0.2, 0.25) is 10.0 Å². The summed E-state index contributed by atoms with van der Waals surface area (Å²) in [5.41, 5.74) is 0.657. The zero-order valence-corrected chi connectivity index (χ0v) is 13.9. The first kappa shape index (κ1) is 17.9. The van der Waals surface area contributed by atoms with Gasteiger partial charge in [0.1, 0.15) is 5.75 Å². The molecule has 120 valence electrons. The first-order chi connectivity index (χ1) is 9.97. The minimum absolute atomic E-state index is 0.00783. The third-order valence-electron chi connectivity index (χ3n) is 2.82. The quantitative estimate of drug-likeness (QED) is 0.695. The molecule has 0 unspecified atom stereocenters. The summed E-state index contributed by atoms with van der Waals surface area (Å²) in [6, 6.07) is 3.34. The maximum Gasteiger partial charge on any atom is 0.211 e. The molecule has 1 aromatic carbocycles. The molecule has 0 amide bonds. The minimum atomic E-state index is -3.36. The highest BCUT2D eigenvalue weighted by molar-refractivity contribution is 7.89. The standard InChI is InChI=1S/C13H20ClNO5S/c1-18-11-8-13(20-3)12(19-2)7-10(11)9-15-21(16,17)6-4-5-14/h7-8,15H,4-6,9H2,1-3H3. The van der Waals surface area contributed by atoms with Crippen molar-refractivity contribution in [3.05, 3.63) is 17.7 Å². The molecule has 0 aromatic heterocycles. The molecule has 0 atom stereocenters. The van der Waals surface area contributed by atoms with Crippen molar-refractivity contribution in [1.82, 2.24) is 4.72 Å². The average Bonchev–Trinajstić information content (AvgIpc) is 2.50. The molecule has 21 heavy (non-hydrogen) atoms. The summed E-state index contributed by atoms with van der Waals surface area (Å²) in [6.07, 6.45) is 0.403. The fraction of sp³-hybridized carbons (Fsp3) is 0.538. The SMILES string of the molecule is COc1cc(OC)c(OC)cc1CNS(=O)(=O)CCCCl. The van der Waals surface area contributed by atoms with Crippen LogP contribution in [0.25, 0.3) is 0 Å². The fourth-order valence-corrected chi connectivity index (χ4v) is 3.07. The Morgan fingerprint density at radius 1 is 1.05 bits per heavy atom. The number of halogens is 1. The van der Waals surface area contributed by atoms with E-state index in [4.69, 9.17) is 25.8 Å². The number of methoxy groups -OCH3 is 3. The van der Waals surface area contributed by atoms with E-state index >= 15 is 0 Å². The summed E-state index contributed by atoms with van der Waals surface area (Å²) in [5, 5.41) is 0. The molecule has 1 rings (SSSR count). The molecule has 6 nitrogen and oxygen atoms in total. The van der Waals surface area contributed by atoms with E-state index in [0.717, 1.165) is 0 Å². The number of nitrogens with one attached hydrogen (secondary N) is 1. The van der Waals surface area contributed by atoms with Crippen molar-refractivity contribution in [2.75, 3.05) is 33.0 Å². The van der Waals surface area contributed by atoms with E-state index in [0.29, 0.717) is 35.1 Å². The number of rotatable bonds is 9. The monoisotopic (exact) mass is 337 g/mol. The smallest absolute Gasteiger partial charge is 0.211 e. The van der Waals surface area contributed by atoms with Crippen LogP contribution in [-0.4, -0.2) is 41.4 Å². The molecule has 0 aliphatic carbocycles. The zero-order chi connectivity index (χ0) is 15.9. The second kappa shape index (κ2) is 8.31. The van der Waals surface area contributed by atoms with Gasteiger partial charge < -0.3 is 14.2 Å². The van der Waals surface area contributed by atoms with E-state index < -0.39 is 10.0 Å². The van der Waals surface area contributed by atoms with Crippen LogP contribution in [-0.2, 0) is 16.6 Å². The van der Waals surface area contributed by atoms with Crippen molar-refractivity contribution in [3.8, 4) is 17.2 Å². The van der Waals surface area contributed by atoms with Crippen LogP contribution in [0.15, 0.2) is 12.1 Å². The molecule has 0 heterocycles. The van der Waals surface area contributed by atoms with Crippen LogP contribution in [0.1, 0.15) is 12.0 Å². The van der Waals surface area contributed by atoms with Crippen LogP contribution < -0.4 is 18.9 Å². The number of hydrogen-bond donors (Lipinski definition) is 1. The Morgan fingerprint density at radius 3 is 2.14 bits per heavy atom. The van der Waals surface area contributed by atoms with Crippen LogP contribution in [0.5, 0.6) is 17.2 Å². The molecule has 1 aromatic rings. The molecule has 0 bridgehead atoms. The van der Waals surface area contributed by atoms with Crippen LogP contribution in [0.3, 0.4) is 0 Å². The third kappa shape index (κ3) is 5.26. The molecular formula is C13H20ClNO5S. The van der Waals surface area contributed by atoms with E-state index in [9.17, 15) is 8.42 Å². The van der Waals surface area contributed by atoms with Gasteiger partial charge in [0.15, 0.2) is 11.5 Å². The summed E-state index contributed by atoms with van der Waals surface area (Å²) in [5.74, 6) is 1.84. The molecule has 0 aliphatic rings. The van der Waals surface area contributed by atoms with E-state index in [1.165, 1.54) is 21.3 Å². The average molecular weight is 338 g/mol. The lowest BCUT2D eigenvalue weighted by atomic mass is 10.1. The topological polar surface area (TPSA) is 73.9 Å². The Kier molecular flexibility index (Phi) is 7.07. The van der Waals surface area contributed by atoms with E-state index in [1.54, 1.807) is 12.1 Å². The first-order valence-corrected chi connectivity index (χ1v) is 8.48. The second-order valence-electron chi connectivity index (χ2n) is 4.20. The van der Waals surface area contributed by atoms with Gasteiger partial charge in [0, 0.05) is 24.1 Å². The largest absolute Gasteiger partial charge is 0.496 e. The third-order valence-corrected chi connectivity index (χ3v) is 4.49. The van der Waals surface area contributed by atoms with Gasteiger partial charge in [-0.25, -0.2) is 13.1 Å². The summed E-state index contributed by atoms with van der Waals surface area (Å²) >= 11 is 5.50. The fourth-order valence-electron chi connectivity index (χ4n) is 1.74. The first-order valence-electron chi connectivity index (χ1n) is 6.29. The van der Waals surface area contributed by atoms with Crippen LogP contribution in [0, 0.1) is 0 Å². The van der Waals surface area contributed by atoms with Crippen molar-refractivity contribution in [3.63, 3.8) is 0 Å². The van der Waals surface area contributed by atoms with Gasteiger partial charge in [-0.3, -0.25) is 0 Å². The van der Waals surface area contributed by atoms with Gasteiger partial charge >= 0.3 is 0 Å². The Balaban J connectivity index is 2.92. The van der Waals surface area contributed by atoms with Gasteiger partial charge in [-0.1, -0.05) is 0 Å². The molecule has 0 radical (unpaired) electrons. The van der Waals surface area contributed by atoms with Gasteiger partial charge in [-0.05, 0) is 12.5 Å². The van der Waals surface area contributed by atoms with Gasteiger partial charge in [0.25, 0.3) is 0 Å². The number of ether oxygens (including phenoxy) is 3. The van der Waals surface area contributed by atoms with Crippen molar-refractivity contribution < 1.29 is 22.6 Å². The predicted octanol–water partition coefficient (Wildman–Crippen LogP) is 1.76. The number of sulfonamides is 1. The Bertz CT molecular complexity index is 562. The van der Waals surface area contributed by atoms with Crippen molar-refractivity contribution in [2.45, 2.75) is 13.0 Å². The lowest BCUT2D eigenvalue weighted by Gasteiger charge is -2.14. The molecule has 0 spiro atoms. The Morgan fingerprint density at radius 2 is 1.62 bits per heavy atom. The Labute approximate surface area is 130 Å². The normalized spacial score (nSPS) is 11.2. The molecule has 1 N–H and O–H groups in total. The maximum absolute atomic E-state index is 11.8. The van der Waals surface area contributed by atoms with Crippen LogP contribution in [0.4, 0.5) is 0 Å². The lowest BCUT2D eigenvalue weighted by molar-refractivity contribution is 0.347. The summed E-state index contributed by atoms with van der Waals surface area (Å²) < 4.78 is 41.7. The highest BCUT2D eigenvalue weighted by Gasteiger charge is 2.15. The molecule has 0 aliphatic heterocycles. The Hall–Kier alpha value is -1.18. The van der Waals surface area contributed by atoms with Crippen LogP contribution >= 0.6 is 11.6 Å². The van der Waals surface area contributed by atoms with E-state index in [1.807, 2.05) is 0 Å². The molecule has 8 heteroatoms. The van der Waals surface area contributed by atoms with Gasteiger partial charge in [-0.2, -0.15) is 0 Å². The number of benzene rings is 1. The highest BCUT2D eigenvalue weighted by atomic mass is 35.5. The van der Waals surface area contributed by atoms with Crippen LogP contribution in [0.2, 0.25) is 0 Å². The van der Waals surface area contributed by atoms with Crippen molar-refractivity contribution in [2.24, 2.45) is 0 Å². The lowest BCUT2D eigenvalue weighted by Crippen LogP contribution is -2.26. The summed E-state index contributed by atoms with van der Waals surface area (Å²) in [4.78, 5) is 0. The van der Waals surface area contributed by atoms with Crippen molar-refractivity contribution >= 4 is 21.6 Å². The van der Waals surface area contributed by atoms with Crippen molar-refractivity contribution in [1.29, 1.82) is 0 Å². The molecular weight excluding hydrogens is 318 g/mol. The maximum atomic E-state index is 11.8. The van der Waals surface area contributed by atoms with Gasteiger partial charge in [0.05, 0.1) is 27.1 Å². The van der Waals surface area contributed by atoms with E-state index in [-0.39, 0.29) is 12.3 Å². The van der Waals surface area contributed by atoms with E-state index in [2.05, 4.69) is 4.72 Å². The number of hydrogen-bond acceptors (Lipinski definition) is 5. The molecule has 0 saturated carbocycles. The molecule has 0 saturated heterocycles. The second-order valence-corrected chi connectivity index (χ2v) is 6.51. The predicted molar refractivity (Wildman–Crippen MR) is 82.1 cm³/mol. The number of alkyl halides is 1. The van der Waals surface area contributed by atoms with Gasteiger partial charge in [-0.15, -0.1) is 11.6 Å². The minimum Gasteiger partial charge on any atom is -0.496 e. The summed E-state index contributed by atoms with van der Waals surface area (Å²) in [6.45, 7) is 0.105. The molecule has 0 fully saturated rings.